The van der Waals surface area contributed by atoms with Crippen molar-refractivity contribution in [2.24, 2.45) is 0 Å². The first-order valence-corrected chi connectivity index (χ1v) is 8.26. The van der Waals surface area contributed by atoms with Gasteiger partial charge in [-0.05, 0) is 31.5 Å². The van der Waals surface area contributed by atoms with Crippen LogP contribution in [0.15, 0.2) is 18.2 Å². The second-order valence-electron chi connectivity index (χ2n) is 5.78. The first kappa shape index (κ1) is 17.4. The van der Waals surface area contributed by atoms with Gasteiger partial charge in [0.15, 0.2) is 0 Å². The number of nitrogens with zero attached hydrogens (tertiary/aromatic N) is 2. The van der Waals surface area contributed by atoms with Gasteiger partial charge in [0.05, 0.1) is 12.3 Å². The van der Waals surface area contributed by atoms with Crippen molar-refractivity contribution in [1.29, 1.82) is 0 Å². The van der Waals surface area contributed by atoms with E-state index in [1.807, 2.05) is 0 Å². The highest BCUT2D eigenvalue weighted by Gasteiger charge is 2.33. The van der Waals surface area contributed by atoms with E-state index in [1.54, 1.807) is 19.9 Å². The lowest BCUT2D eigenvalue weighted by molar-refractivity contribution is -0.144. The summed E-state index contributed by atoms with van der Waals surface area (Å²) in [4.78, 5) is 23.9. The molecule has 1 aliphatic rings. The molecule has 0 saturated heterocycles. The predicted octanol–water partition coefficient (Wildman–Crippen LogP) is 3.02. The van der Waals surface area contributed by atoms with Crippen molar-refractivity contribution < 1.29 is 18.7 Å². The largest absolute Gasteiger partial charge is 0.465 e. The Kier molecular flexibility index (Phi) is 4.76. The second kappa shape index (κ2) is 6.84. The van der Waals surface area contributed by atoms with Crippen molar-refractivity contribution in [3.63, 3.8) is 0 Å². The molecule has 0 aliphatic carbocycles. The van der Waals surface area contributed by atoms with E-state index in [-0.39, 0.29) is 36.4 Å². The summed E-state index contributed by atoms with van der Waals surface area (Å²) < 4.78 is 19.7. The quantitative estimate of drug-likeness (QED) is 0.845. The number of esters is 1. The molecular formula is C17H17ClFN3O3. The Hall–Kier alpha value is -2.41. The Labute approximate surface area is 148 Å². The summed E-state index contributed by atoms with van der Waals surface area (Å²) >= 11 is 6.19. The van der Waals surface area contributed by atoms with Crippen LogP contribution in [0.4, 0.5) is 10.2 Å². The van der Waals surface area contributed by atoms with E-state index in [4.69, 9.17) is 16.3 Å². The lowest BCUT2D eigenvalue weighted by atomic mass is 9.86. The van der Waals surface area contributed by atoms with Crippen LogP contribution in [0.2, 0.25) is 5.02 Å². The van der Waals surface area contributed by atoms with Gasteiger partial charge in [-0.1, -0.05) is 17.7 Å². The topological polar surface area (TPSA) is 73.2 Å². The van der Waals surface area contributed by atoms with E-state index >= 15 is 0 Å². The number of aryl methyl sites for hydroxylation is 1. The lowest BCUT2D eigenvalue weighted by Crippen LogP contribution is -2.26. The van der Waals surface area contributed by atoms with Crippen LogP contribution in [0.5, 0.6) is 0 Å². The van der Waals surface area contributed by atoms with Gasteiger partial charge < -0.3 is 10.1 Å². The number of rotatable bonds is 4. The van der Waals surface area contributed by atoms with E-state index in [2.05, 4.69) is 10.4 Å². The lowest BCUT2D eigenvalue weighted by Gasteiger charge is -2.25. The fraction of sp³-hybridized carbons (Fsp3) is 0.353. The minimum atomic E-state index is -0.441. The Balaban J connectivity index is 2.05. The first-order valence-electron chi connectivity index (χ1n) is 7.88. The Morgan fingerprint density at radius 1 is 1.52 bits per heavy atom. The number of anilines is 1. The maximum Gasteiger partial charge on any atom is 0.327 e. The van der Waals surface area contributed by atoms with Crippen molar-refractivity contribution in [1.82, 2.24) is 9.78 Å². The van der Waals surface area contributed by atoms with Gasteiger partial charge in [-0.15, -0.1) is 0 Å². The normalized spacial score (nSPS) is 16.3. The summed E-state index contributed by atoms with van der Waals surface area (Å²) in [6.45, 7) is 3.67. The average Bonchev–Trinajstić information content (AvgIpc) is 2.83. The van der Waals surface area contributed by atoms with E-state index in [0.717, 1.165) is 5.56 Å². The molecule has 1 unspecified atom stereocenters. The fourth-order valence-corrected chi connectivity index (χ4v) is 3.41. The zero-order valence-electron chi connectivity index (χ0n) is 13.8. The SMILES string of the molecule is CCOC(=O)Cn1nc(C)c2c1NC(=O)CC2c1ccc(F)cc1Cl. The summed E-state index contributed by atoms with van der Waals surface area (Å²) in [5.41, 5.74) is 2.10. The highest BCUT2D eigenvalue weighted by atomic mass is 35.5. The molecule has 0 saturated carbocycles. The van der Waals surface area contributed by atoms with Crippen molar-refractivity contribution in [2.45, 2.75) is 32.7 Å². The molecule has 1 aromatic heterocycles. The molecule has 1 aliphatic heterocycles. The highest BCUT2D eigenvalue weighted by molar-refractivity contribution is 6.31. The molecule has 0 spiro atoms. The van der Waals surface area contributed by atoms with Crippen LogP contribution in [0.3, 0.4) is 0 Å². The molecule has 3 rings (SSSR count). The molecule has 1 aromatic carbocycles. The monoisotopic (exact) mass is 365 g/mol. The van der Waals surface area contributed by atoms with Crippen molar-refractivity contribution in [2.75, 3.05) is 11.9 Å². The third-order valence-corrected chi connectivity index (χ3v) is 4.42. The van der Waals surface area contributed by atoms with Gasteiger partial charge >= 0.3 is 5.97 Å². The van der Waals surface area contributed by atoms with Gasteiger partial charge in [0.25, 0.3) is 0 Å². The maximum atomic E-state index is 13.4. The molecular weight excluding hydrogens is 349 g/mol. The zero-order valence-corrected chi connectivity index (χ0v) is 14.6. The summed E-state index contributed by atoms with van der Waals surface area (Å²) in [6.07, 6.45) is 0.171. The third-order valence-electron chi connectivity index (χ3n) is 4.09. The van der Waals surface area contributed by atoms with Crippen LogP contribution in [0.1, 0.15) is 36.1 Å². The van der Waals surface area contributed by atoms with Crippen LogP contribution < -0.4 is 5.32 Å². The number of hydrogen-bond acceptors (Lipinski definition) is 4. The Bertz CT molecular complexity index is 850. The van der Waals surface area contributed by atoms with Crippen molar-refractivity contribution in [3.8, 4) is 0 Å². The Morgan fingerprint density at radius 2 is 2.28 bits per heavy atom. The van der Waals surface area contributed by atoms with E-state index in [9.17, 15) is 14.0 Å². The third kappa shape index (κ3) is 3.37. The summed E-state index contributed by atoms with van der Waals surface area (Å²) in [7, 11) is 0. The first-order chi connectivity index (χ1) is 11.9. The van der Waals surface area contributed by atoms with Crippen LogP contribution in [-0.2, 0) is 20.9 Å². The molecule has 0 fully saturated rings. The Morgan fingerprint density at radius 3 is 2.96 bits per heavy atom. The maximum absolute atomic E-state index is 13.4. The molecule has 0 radical (unpaired) electrons. The molecule has 0 bridgehead atoms. The van der Waals surface area contributed by atoms with Gasteiger partial charge in [-0.2, -0.15) is 5.10 Å². The summed E-state index contributed by atoms with van der Waals surface area (Å²) in [5, 5.41) is 7.37. The summed E-state index contributed by atoms with van der Waals surface area (Å²) in [5.74, 6) is -1.00. The number of amides is 1. The number of benzene rings is 1. The van der Waals surface area contributed by atoms with Gasteiger partial charge in [0.1, 0.15) is 18.2 Å². The molecule has 25 heavy (non-hydrogen) atoms. The molecule has 132 valence electrons. The number of carbonyl (C=O) groups excluding carboxylic acids is 2. The highest BCUT2D eigenvalue weighted by Crippen LogP contribution is 2.41. The van der Waals surface area contributed by atoms with Gasteiger partial charge in [-0.3, -0.25) is 9.59 Å². The molecule has 6 nitrogen and oxygen atoms in total. The predicted molar refractivity (Wildman–Crippen MR) is 90.1 cm³/mol. The zero-order chi connectivity index (χ0) is 18.1. The number of ether oxygens (including phenoxy) is 1. The molecule has 2 aromatic rings. The minimum Gasteiger partial charge on any atom is -0.465 e. The van der Waals surface area contributed by atoms with E-state index in [1.165, 1.54) is 16.8 Å². The van der Waals surface area contributed by atoms with E-state index < -0.39 is 11.8 Å². The number of aromatic nitrogens is 2. The van der Waals surface area contributed by atoms with Gasteiger partial charge in [0, 0.05) is 22.9 Å². The number of hydrogen-bond donors (Lipinski definition) is 1. The molecule has 8 heteroatoms. The molecule has 1 atom stereocenters. The minimum absolute atomic E-state index is 0.103. The van der Waals surface area contributed by atoms with Crippen LogP contribution in [0.25, 0.3) is 0 Å². The summed E-state index contributed by atoms with van der Waals surface area (Å²) in [6, 6.07) is 4.11. The number of nitrogens with one attached hydrogen (secondary N) is 1. The van der Waals surface area contributed by atoms with Crippen LogP contribution >= 0.6 is 11.6 Å². The van der Waals surface area contributed by atoms with Crippen LogP contribution in [0, 0.1) is 12.7 Å². The van der Waals surface area contributed by atoms with Crippen molar-refractivity contribution >= 4 is 29.3 Å². The second-order valence-corrected chi connectivity index (χ2v) is 6.19. The molecule has 1 amide bonds. The van der Waals surface area contributed by atoms with Crippen LogP contribution in [-0.4, -0.2) is 28.3 Å². The average molecular weight is 366 g/mol. The smallest absolute Gasteiger partial charge is 0.327 e. The van der Waals surface area contributed by atoms with Gasteiger partial charge in [-0.25, -0.2) is 9.07 Å². The standard InChI is InChI=1S/C17H17ClFN3O3/c1-3-25-15(24)8-22-17-16(9(2)21-22)12(7-14(23)20-17)11-5-4-10(19)6-13(11)18/h4-6,12H,3,7-8H2,1-2H3,(H,20,23). The molecule has 1 N–H and O–H groups in total. The number of fused-ring (bicyclic) bond motifs is 1. The fourth-order valence-electron chi connectivity index (χ4n) is 3.11. The van der Waals surface area contributed by atoms with E-state index in [0.29, 0.717) is 17.1 Å². The number of carbonyl (C=O) groups is 2. The number of halogens is 2. The van der Waals surface area contributed by atoms with Crippen molar-refractivity contribution in [3.05, 3.63) is 45.9 Å². The van der Waals surface area contributed by atoms with Gasteiger partial charge in [0.2, 0.25) is 5.91 Å². The molecule has 2 heterocycles.